The Kier molecular flexibility index (Phi) is 4.14. The van der Waals surface area contributed by atoms with E-state index in [0.717, 1.165) is 23.2 Å². The first-order chi connectivity index (χ1) is 8.32. The molecule has 2 saturated carbocycles. The molecule has 0 nitrogen and oxygen atoms in total. The van der Waals surface area contributed by atoms with Crippen molar-refractivity contribution in [2.45, 2.75) is 86.0 Å². The zero-order chi connectivity index (χ0) is 13.4. The molecule has 0 aromatic rings. The molecule has 0 aromatic heterocycles. The van der Waals surface area contributed by atoms with Gasteiger partial charge >= 0.3 is 0 Å². The van der Waals surface area contributed by atoms with Gasteiger partial charge in [0.15, 0.2) is 0 Å². The van der Waals surface area contributed by atoms with Gasteiger partial charge in [0, 0.05) is 0 Å². The summed E-state index contributed by atoms with van der Waals surface area (Å²) in [5.74, 6) is 2.91. The van der Waals surface area contributed by atoms with Gasteiger partial charge in [0.25, 0.3) is 0 Å². The molecule has 0 bridgehead atoms. The van der Waals surface area contributed by atoms with E-state index in [1.807, 2.05) is 0 Å². The second-order valence-electron chi connectivity index (χ2n) is 8.72. The van der Waals surface area contributed by atoms with E-state index in [-0.39, 0.29) is 0 Å². The molecule has 0 heteroatoms. The Morgan fingerprint density at radius 2 is 1.28 bits per heavy atom. The SMILES string of the molecule is CC(C)C1CCC2(CC1)CCC(C(C)(C)C)CC2. The zero-order valence-corrected chi connectivity index (χ0v) is 13.4. The van der Waals surface area contributed by atoms with Crippen LogP contribution in [-0.2, 0) is 0 Å². The van der Waals surface area contributed by atoms with Gasteiger partial charge in [-0.2, -0.15) is 0 Å². The average Bonchev–Trinajstić information content (AvgIpc) is 2.29. The lowest BCUT2D eigenvalue weighted by Crippen LogP contribution is -2.36. The van der Waals surface area contributed by atoms with Crippen LogP contribution in [0, 0.1) is 28.6 Å². The van der Waals surface area contributed by atoms with Gasteiger partial charge in [0.1, 0.15) is 0 Å². The zero-order valence-electron chi connectivity index (χ0n) is 13.4. The highest BCUT2D eigenvalue weighted by molar-refractivity contribution is 4.92. The smallest absolute Gasteiger partial charge is 0.0297 e. The third-order valence-corrected chi connectivity index (χ3v) is 6.30. The molecule has 0 heterocycles. The van der Waals surface area contributed by atoms with Gasteiger partial charge in [0.05, 0.1) is 0 Å². The molecule has 0 atom stereocenters. The molecule has 0 saturated heterocycles. The summed E-state index contributed by atoms with van der Waals surface area (Å²) < 4.78 is 0. The molecular weight excluding hydrogens is 216 g/mol. The third kappa shape index (κ3) is 3.11. The van der Waals surface area contributed by atoms with Crippen molar-refractivity contribution >= 4 is 0 Å². The summed E-state index contributed by atoms with van der Waals surface area (Å²) >= 11 is 0. The Bertz CT molecular complexity index is 250. The van der Waals surface area contributed by atoms with Crippen LogP contribution in [0.2, 0.25) is 0 Å². The summed E-state index contributed by atoms with van der Waals surface area (Å²) in [7, 11) is 0. The van der Waals surface area contributed by atoms with Crippen LogP contribution in [0.1, 0.15) is 86.0 Å². The second kappa shape index (κ2) is 5.17. The van der Waals surface area contributed by atoms with Gasteiger partial charge in [-0.25, -0.2) is 0 Å². The average molecular weight is 250 g/mol. The Hall–Kier alpha value is 0. The van der Waals surface area contributed by atoms with Crippen molar-refractivity contribution < 1.29 is 0 Å². The molecule has 2 rings (SSSR count). The van der Waals surface area contributed by atoms with E-state index in [1.54, 1.807) is 0 Å². The van der Waals surface area contributed by atoms with E-state index in [2.05, 4.69) is 34.6 Å². The fourth-order valence-corrected chi connectivity index (χ4v) is 4.52. The fourth-order valence-electron chi connectivity index (χ4n) is 4.52. The van der Waals surface area contributed by atoms with Crippen molar-refractivity contribution in [2.24, 2.45) is 28.6 Å². The van der Waals surface area contributed by atoms with E-state index in [9.17, 15) is 0 Å². The van der Waals surface area contributed by atoms with Gasteiger partial charge in [-0.05, 0) is 80.0 Å². The van der Waals surface area contributed by atoms with Crippen LogP contribution >= 0.6 is 0 Å². The maximum atomic E-state index is 2.44. The Morgan fingerprint density at radius 1 is 0.833 bits per heavy atom. The van der Waals surface area contributed by atoms with E-state index in [1.165, 1.54) is 51.4 Å². The topological polar surface area (TPSA) is 0 Å². The van der Waals surface area contributed by atoms with Crippen LogP contribution in [0.5, 0.6) is 0 Å². The molecule has 0 aliphatic heterocycles. The molecule has 18 heavy (non-hydrogen) atoms. The summed E-state index contributed by atoms with van der Waals surface area (Å²) in [6, 6.07) is 0. The molecule has 0 aromatic carbocycles. The van der Waals surface area contributed by atoms with Crippen LogP contribution in [0.3, 0.4) is 0 Å². The van der Waals surface area contributed by atoms with Crippen molar-refractivity contribution in [3.8, 4) is 0 Å². The van der Waals surface area contributed by atoms with Crippen molar-refractivity contribution in [1.82, 2.24) is 0 Å². The quantitative estimate of drug-likeness (QED) is 0.531. The lowest BCUT2D eigenvalue weighted by molar-refractivity contribution is 0.0367. The largest absolute Gasteiger partial charge is 0.0625 e. The first-order valence-corrected chi connectivity index (χ1v) is 8.32. The summed E-state index contributed by atoms with van der Waals surface area (Å²) in [5.41, 5.74) is 1.31. The lowest BCUT2D eigenvalue weighted by Gasteiger charge is -2.48. The summed E-state index contributed by atoms with van der Waals surface area (Å²) in [6.07, 6.45) is 12.1. The van der Waals surface area contributed by atoms with Gasteiger partial charge in [-0.1, -0.05) is 34.6 Å². The minimum Gasteiger partial charge on any atom is -0.0625 e. The van der Waals surface area contributed by atoms with Crippen molar-refractivity contribution in [3.63, 3.8) is 0 Å². The van der Waals surface area contributed by atoms with Crippen molar-refractivity contribution in [2.75, 3.05) is 0 Å². The summed E-state index contributed by atoms with van der Waals surface area (Å²) in [5, 5.41) is 0. The molecule has 0 N–H and O–H groups in total. The molecule has 2 aliphatic rings. The summed E-state index contributed by atoms with van der Waals surface area (Å²) in [4.78, 5) is 0. The van der Waals surface area contributed by atoms with Crippen molar-refractivity contribution in [3.05, 3.63) is 0 Å². The highest BCUT2D eigenvalue weighted by Crippen LogP contribution is 2.53. The van der Waals surface area contributed by atoms with E-state index >= 15 is 0 Å². The predicted octanol–water partition coefficient (Wildman–Crippen LogP) is 6.06. The molecule has 2 fully saturated rings. The number of rotatable bonds is 1. The first-order valence-electron chi connectivity index (χ1n) is 8.32. The normalized spacial score (nSPS) is 38.3. The van der Waals surface area contributed by atoms with E-state index < -0.39 is 0 Å². The van der Waals surface area contributed by atoms with Crippen LogP contribution < -0.4 is 0 Å². The molecule has 2 aliphatic carbocycles. The number of hydrogen-bond donors (Lipinski definition) is 0. The van der Waals surface area contributed by atoms with Crippen molar-refractivity contribution in [1.29, 1.82) is 0 Å². The maximum Gasteiger partial charge on any atom is -0.0297 e. The monoisotopic (exact) mass is 250 g/mol. The lowest BCUT2D eigenvalue weighted by atomic mass is 9.58. The molecule has 106 valence electrons. The van der Waals surface area contributed by atoms with Crippen LogP contribution in [0.4, 0.5) is 0 Å². The van der Waals surface area contributed by atoms with Gasteiger partial charge in [-0.15, -0.1) is 0 Å². The fraction of sp³-hybridized carbons (Fsp3) is 1.00. The second-order valence-corrected chi connectivity index (χ2v) is 8.72. The molecule has 0 amide bonds. The Labute approximate surface area is 115 Å². The Morgan fingerprint density at radius 3 is 1.67 bits per heavy atom. The minimum atomic E-state index is 0.538. The minimum absolute atomic E-state index is 0.538. The highest BCUT2D eigenvalue weighted by Gasteiger charge is 2.41. The molecule has 1 spiro atoms. The molecular formula is C18H34. The van der Waals surface area contributed by atoms with Gasteiger partial charge in [0.2, 0.25) is 0 Å². The maximum absolute atomic E-state index is 2.44. The first kappa shape index (κ1) is 14.4. The molecule has 0 radical (unpaired) electrons. The van der Waals surface area contributed by atoms with E-state index in [0.29, 0.717) is 5.41 Å². The van der Waals surface area contributed by atoms with Crippen LogP contribution in [-0.4, -0.2) is 0 Å². The van der Waals surface area contributed by atoms with Crippen LogP contribution in [0.25, 0.3) is 0 Å². The van der Waals surface area contributed by atoms with Gasteiger partial charge in [-0.3, -0.25) is 0 Å². The standard InChI is InChI=1S/C18H34/c1-14(2)15-6-10-18(11-7-15)12-8-16(9-13-18)17(3,4)5/h14-16H,6-13H2,1-5H3. The van der Waals surface area contributed by atoms with E-state index in [4.69, 9.17) is 0 Å². The Balaban J connectivity index is 1.86. The van der Waals surface area contributed by atoms with Gasteiger partial charge < -0.3 is 0 Å². The predicted molar refractivity (Wildman–Crippen MR) is 80.6 cm³/mol. The van der Waals surface area contributed by atoms with Crippen LogP contribution in [0.15, 0.2) is 0 Å². The third-order valence-electron chi connectivity index (χ3n) is 6.30. The molecule has 0 unspecified atom stereocenters. The highest BCUT2D eigenvalue weighted by atomic mass is 14.5. The summed E-state index contributed by atoms with van der Waals surface area (Å²) in [6.45, 7) is 12.1. The number of hydrogen-bond acceptors (Lipinski definition) is 0.